The van der Waals surface area contributed by atoms with E-state index < -0.39 is 0 Å². The fourth-order valence-electron chi connectivity index (χ4n) is 1.81. The van der Waals surface area contributed by atoms with E-state index in [1.54, 1.807) is 13.0 Å². The average molecular weight is 235 g/mol. The van der Waals surface area contributed by atoms with Gasteiger partial charge in [-0.3, -0.25) is 9.59 Å². The van der Waals surface area contributed by atoms with E-state index in [-0.39, 0.29) is 5.91 Å². The van der Waals surface area contributed by atoms with E-state index in [1.165, 1.54) is 6.92 Å². The number of hydrogen-bond acceptors (Lipinski definition) is 4. The summed E-state index contributed by atoms with van der Waals surface area (Å²) in [4.78, 5) is 22.1. The van der Waals surface area contributed by atoms with Crippen molar-refractivity contribution in [2.75, 3.05) is 18.5 Å². The van der Waals surface area contributed by atoms with Crippen LogP contribution in [0.5, 0.6) is 11.5 Å². The molecule has 0 radical (unpaired) electrons. The second-order valence-corrected chi connectivity index (χ2v) is 3.79. The van der Waals surface area contributed by atoms with Gasteiger partial charge in [-0.15, -0.1) is 0 Å². The molecule has 1 aromatic rings. The third-order valence-corrected chi connectivity index (χ3v) is 2.55. The maximum atomic E-state index is 11.1. The summed E-state index contributed by atoms with van der Waals surface area (Å²) >= 11 is 0. The van der Waals surface area contributed by atoms with E-state index in [1.807, 2.05) is 0 Å². The highest BCUT2D eigenvalue weighted by molar-refractivity contribution is 5.97. The molecule has 0 aromatic heterocycles. The molecular weight excluding hydrogens is 222 g/mol. The van der Waals surface area contributed by atoms with Crippen LogP contribution >= 0.6 is 0 Å². The lowest BCUT2D eigenvalue weighted by atomic mass is 10.0. The van der Waals surface area contributed by atoms with E-state index in [9.17, 15) is 9.59 Å². The number of carbonyl (C=O) groups excluding carboxylic acids is 2. The van der Waals surface area contributed by atoms with Crippen LogP contribution in [0.4, 0.5) is 5.69 Å². The number of nitrogens with one attached hydrogen (secondary N) is 1. The quantitative estimate of drug-likeness (QED) is 0.790. The second kappa shape index (κ2) is 4.45. The van der Waals surface area contributed by atoms with Gasteiger partial charge >= 0.3 is 0 Å². The highest BCUT2D eigenvalue weighted by Gasteiger charge is 2.20. The highest BCUT2D eigenvalue weighted by Crippen LogP contribution is 2.39. The van der Waals surface area contributed by atoms with Crippen LogP contribution in [0.3, 0.4) is 0 Å². The zero-order valence-corrected chi connectivity index (χ0v) is 9.70. The minimum absolute atomic E-state index is 0.232. The van der Waals surface area contributed by atoms with Crippen LogP contribution in [0.15, 0.2) is 6.07 Å². The lowest BCUT2D eigenvalue weighted by molar-refractivity contribution is -0.114. The fraction of sp³-hybridized carbons (Fsp3) is 0.333. The molecule has 0 spiro atoms. The number of benzene rings is 1. The minimum Gasteiger partial charge on any atom is -0.486 e. The fourth-order valence-corrected chi connectivity index (χ4v) is 1.81. The number of hydrogen-bond donors (Lipinski definition) is 1. The van der Waals surface area contributed by atoms with E-state index in [2.05, 4.69) is 5.32 Å². The number of aldehydes is 1. The Morgan fingerprint density at radius 3 is 2.76 bits per heavy atom. The molecule has 0 aliphatic carbocycles. The Morgan fingerprint density at radius 1 is 1.41 bits per heavy atom. The molecule has 0 saturated heterocycles. The molecule has 0 fully saturated rings. The molecule has 0 atom stereocenters. The van der Waals surface area contributed by atoms with Gasteiger partial charge in [0.15, 0.2) is 17.8 Å². The highest BCUT2D eigenvalue weighted by atomic mass is 16.6. The Balaban J connectivity index is 2.55. The third-order valence-electron chi connectivity index (χ3n) is 2.55. The van der Waals surface area contributed by atoms with E-state index in [4.69, 9.17) is 9.47 Å². The summed E-state index contributed by atoms with van der Waals surface area (Å²) in [7, 11) is 0. The van der Waals surface area contributed by atoms with E-state index >= 15 is 0 Å². The molecule has 1 heterocycles. The monoisotopic (exact) mass is 235 g/mol. The molecule has 1 aromatic carbocycles. The third kappa shape index (κ3) is 2.08. The molecule has 1 aliphatic rings. The largest absolute Gasteiger partial charge is 0.486 e. The van der Waals surface area contributed by atoms with Gasteiger partial charge < -0.3 is 14.8 Å². The van der Waals surface area contributed by atoms with Crippen molar-refractivity contribution in [1.82, 2.24) is 0 Å². The first kappa shape index (κ1) is 11.4. The predicted octanol–water partition coefficient (Wildman–Crippen LogP) is 1.54. The molecule has 0 saturated carbocycles. The molecular formula is C12H13NO4. The standard InChI is InChI=1S/C12H13NO4/c1-7-9(6-14)10(13-8(2)15)5-11-12(7)17-4-3-16-11/h5-6H,3-4H2,1-2H3,(H,13,15). The number of ether oxygens (including phenoxy) is 2. The van der Waals surface area contributed by atoms with Gasteiger partial charge in [-0.05, 0) is 6.92 Å². The summed E-state index contributed by atoms with van der Waals surface area (Å²) in [5.74, 6) is 0.903. The van der Waals surface area contributed by atoms with Crippen molar-refractivity contribution in [3.8, 4) is 11.5 Å². The van der Waals surface area contributed by atoms with Gasteiger partial charge in [0.2, 0.25) is 5.91 Å². The molecule has 1 amide bonds. The van der Waals surface area contributed by atoms with Gasteiger partial charge in [-0.1, -0.05) is 0 Å². The summed E-state index contributed by atoms with van der Waals surface area (Å²) in [6.45, 7) is 4.08. The van der Waals surface area contributed by atoms with Crippen molar-refractivity contribution in [2.24, 2.45) is 0 Å². The molecule has 1 aliphatic heterocycles. The van der Waals surface area contributed by atoms with Gasteiger partial charge in [-0.25, -0.2) is 0 Å². The van der Waals surface area contributed by atoms with Crippen molar-refractivity contribution in [3.05, 3.63) is 17.2 Å². The maximum absolute atomic E-state index is 11.1. The summed E-state index contributed by atoms with van der Waals surface area (Å²) in [6.07, 6.45) is 0.707. The SMILES string of the molecule is CC(=O)Nc1cc2c(c(C)c1C=O)OCCO2. The van der Waals surface area contributed by atoms with Crippen molar-refractivity contribution in [2.45, 2.75) is 13.8 Å². The topological polar surface area (TPSA) is 64.6 Å². The minimum atomic E-state index is -0.232. The maximum Gasteiger partial charge on any atom is 0.221 e. The second-order valence-electron chi connectivity index (χ2n) is 3.79. The zero-order valence-electron chi connectivity index (χ0n) is 9.70. The van der Waals surface area contributed by atoms with Gasteiger partial charge in [0, 0.05) is 24.1 Å². The molecule has 0 bridgehead atoms. The first-order valence-electron chi connectivity index (χ1n) is 5.29. The van der Waals surface area contributed by atoms with E-state index in [0.29, 0.717) is 47.8 Å². The smallest absolute Gasteiger partial charge is 0.221 e. The molecule has 90 valence electrons. The Morgan fingerprint density at radius 2 is 2.12 bits per heavy atom. The van der Waals surface area contributed by atoms with Gasteiger partial charge in [-0.2, -0.15) is 0 Å². The van der Waals surface area contributed by atoms with Gasteiger partial charge in [0.05, 0.1) is 5.69 Å². The summed E-state index contributed by atoms with van der Waals surface area (Å²) in [6, 6.07) is 1.62. The zero-order chi connectivity index (χ0) is 12.4. The van der Waals surface area contributed by atoms with Gasteiger partial charge in [0.25, 0.3) is 0 Å². The number of carbonyl (C=O) groups is 2. The molecule has 5 nitrogen and oxygen atoms in total. The lowest BCUT2D eigenvalue weighted by Gasteiger charge is -2.22. The van der Waals surface area contributed by atoms with Crippen LogP contribution in [0.1, 0.15) is 22.8 Å². The van der Waals surface area contributed by atoms with Gasteiger partial charge in [0.1, 0.15) is 13.2 Å². The Hall–Kier alpha value is -2.04. The Bertz CT molecular complexity index is 482. The normalized spacial score (nSPS) is 13.1. The van der Waals surface area contributed by atoms with Crippen molar-refractivity contribution >= 4 is 17.9 Å². The number of rotatable bonds is 2. The molecule has 0 unspecified atom stereocenters. The average Bonchev–Trinajstić information content (AvgIpc) is 2.29. The Kier molecular flexibility index (Phi) is 2.99. The summed E-state index contributed by atoms with van der Waals surface area (Å²) in [5.41, 5.74) is 1.56. The van der Waals surface area contributed by atoms with Crippen LogP contribution in [0.25, 0.3) is 0 Å². The lowest BCUT2D eigenvalue weighted by Crippen LogP contribution is -2.18. The molecule has 2 rings (SSSR count). The first-order valence-corrected chi connectivity index (χ1v) is 5.29. The summed E-state index contributed by atoms with van der Waals surface area (Å²) in [5, 5.41) is 2.61. The predicted molar refractivity (Wildman–Crippen MR) is 61.9 cm³/mol. The van der Waals surface area contributed by atoms with Crippen molar-refractivity contribution in [1.29, 1.82) is 0 Å². The first-order chi connectivity index (χ1) is 8.13. The van der Waals surface area contributed by atoms with Crippen molar-refractivity contribution < 1.29 is 19.1 Å². The summed E-state index contributed by atoms with van der Waals surface area (Å²) < 4.78 is 10.9. The number of anilines is 1. The number of fused-ring (bicyclic) bond motifs is 1. The van der Waals surface area contributed by atoms with Crippen LogP contribution in [-0.2, 0) is 4.79 Å². The molecule has 1 N–H and O–H groups in total. The van der Waals surface area contributed by atoms with Crippen LogP contribution in [0.2, 0.25) is 0 Å². The van der Waals surface area contributed by atoms with Crippen LogP contribution in [-0.4, -0.2) is 25.4 Å². The Labute approximate surface area is 98.7 Å². The van der Waals surface area contributed by atoms with Crippen LogP contribution in [0, 0.1) is 6.92 Å². The number of amides is 1. The van der Waals surface area contributed by atoms with Crippen LogP contribution < -0.4 is 14.8 Å². The molecule has 5 heteroatoms. The van der Waals surface area contributed by atoms with E-state index in [0.717, 1.165) is 0 Å². The molecule has 17 heavy (non-hydrogen) atoms. The van der Waals surface area contributed by atoms with Crippen molar-refractivity contribution in [3.63, 3.8) is 0 Å².